The van der Waals surface area contributed by atoms with E-state index in [9.17, 15) is 14.4 Å². The summed E-state index contributed by atoms with van der Waals surface area (Å²) in [5, 5.41) is 0. The highest BCUT2D eigenvalue weighted by Crippen LogP contribution is 2.19. The van der Waals surface area contributed by atoms with E-state index in [1.54, 1.807) is 0 Å². The van der Waals surface area contributed by atoms with Gasteiger partial charge in [-0.2, -0.15) is 0 Å². The van der Waals surface area contributed by atoms with Gasteiger partial charge in [-0.25, -0.2) is 0 Å². The molecule has 1 atom stereocenters. The summed E-state index contributed by atoms with van der Waals surface area (Å²) in [4.78, 5) is 38.5. The molecule has 0 N–H and O–H groups in total. The molecule has 80 heavy (non-hydrogen) atoms. The van der Waals surface area contributed by atoms with Crippen molar-refractivity contribution in [3.63, 3.8) is 0 Å². The fourth-order valence-corrected chi connectivity index (χ4v) is 11.0. The second-order valence-electron chi connectivity index (χ2n) is 24.5. The largest absolute Gasteiger partial charge is 0.462 e. The predicted octanol–water partition coefficient (Wildman–Crippen LogP) is 24.7. The molecule has 470 valence electrons. The van der Waals surface area contributed by atoms with Crippen LogP contribution in [0.4, 0.5) is 0 Å². The van der Waals surface area contributed by atoms with Crippen LogP contribution in [0.2, 0.25) is 0 Å². The van der Waals surface area contributed by atoms with E-state index in [1.807, 2.05) is 0 Å². The summed E-state index contributed by atoms with van der Waals surface area (Å²) in [7, 11) is 0. The molecule has 0 rings (SSSR count). The summed E-state index contributed by atoms with van der Waals surface area (Å²) in [6, 6.07) is 0. The highest BCUT2D eigenvalue weighted by atomic mass is 16.6. The Bertz CT molecular complexity index is 1340. The van der Waals surface area contributed by atoms with Crippen LogP contribution in [0.3, 0.4) is 0 Å². The molecule has 0 saturated carbocycles. The lowest BCUT2D eigenvalue weighted by molar-refractivity contribution is -0.167. The van der Waals surface area contributed by atoms with Crippen LogP contribution in [0.5, 0.6) is 0 Å². The maximum absolute atomic E-state index is 13.0. The third-order valence-corrected chi connectivity index (χ3v) is 16.4. The van der Waals surface area contributed by atoms with Gasteiger partial charge in [0.05, 0.1) is 0 Å². The van der Waals surface area contributed by atoms with E-state index >= 15 is 0 Å². The van der Waals surface area contributed by atoms with E-state index < -0.39 is 6.10 Å². The lowest BCUT2D eigenvalue weighted by Crippen LogP contribution is -2.30. The van der Waals surface area contributed by atoms with Gasteiger partial charge >= 0.3 is 17.9 Å². The van der Waals surface area contributed by atoms with E-state index in [2.05, 4.69) is 57.2 Å². The van der Waals surface area contributed by atoms with Crippen molar-refractivity contribution in [2.24, 2.45) is 0 Å². The number of allylic oxidation sites excluding steroid dienone is 6. The van der Waals surface area contributed by atoms with Crippen molar-refractivity contribution < 1.29 is 28.6 Å². The van der Waals surface area contributed by atoms with E-state index in [1.165, 1.54) is 289 Å². The Balaban J connectivity index is 4.30. The molecule has 0 aromatic rings. The Labute approximate surface area is 499 Å². The van der Waals surface area contributed by atoms with Gasteiger partial charge in [0.2, 0.25) is 0 Å². The van der Waals surface area contributed by atoms with Crippen molar-refractivity contribution >= 4 is 17.9 Å². The fraction of sp³-hybridized carbons (Fsp3) is 0.878. The van der Waals surface area contributed by atoms with Crippen LogP contribution < -0.4 is 0 Å². The SMILES string of the molecule is CCCCCCC/C=C\C/C=C\C/C=C\CCCCCCCCCCCCC(=O)OCC(COC(=O)CCCCCCCCCCCCCCCCCCCC)OC(=O)CCCCCCCCCCCCCCCCCCCCC. The molecule has 0 aromatic heterocycles. The number of rotatable bonds is 67. The molecule has 0 spiro atoms. The molecule has 0 saturated heterocycles. The Morgan fingerprint density at radius 3 is 0.700 bits per heavy atom. The zero-order chi connectivity index (χ0) is 57.8. The molecule has 0 radical (unpaired) electrons. The summed E-state index contributed by atoms with van der Waals surface area (Å²) in [6.45, 7) is 6.71. The van der Waals surface area contributed by atoms with Crippen molar-refractivity contribution in [1.29, 1.82) is 0 Å². The Morgan fingerprint density at radius 2 is 0.450 bits per heavy atom. The molecule has 0 aromatic carbocycles. The molecule has 0 bridgehead atoms. The molecular weight excluding hydrogens is 985 g/mol. The topological polar surface area (TPSA) is 78.9 Å². The Morgan fingerprint density at radius 1 is 0.250 bits per heavy atom. The van der Waals surface area contributed by atoms with Crippen molar-refractivity contribution in [3.8, 4) is 0 Å². The number of carbonyl (C=O) groups is 3. The zero-order valence-electron chi connectivity index (χ0n) is 54.1. The molecular formula is C74H138O6. The molecule has 6 heteroatoms. The second-order valence-corrected chi connectivity index (χ2v) is 24.5. The molecule has 0 aliphatic rings. The van der Waals surface area contributed by atoms with Crippen LogP contribution in [0.1, 0.15) is 400 Å². The first kappa shape index (κ1) is 77.6. The summed E-state index contributed by atoms with van der Waals surface area (Å²) < 4.78 is 17.0. The van der Waals surface area contributed by atoms with Crippen LogP contribution in [-0.4, -0.2) is 37.2 Å². The number of ether oxygens (including phenoxy) is 3. The minimum Gasteiger partial charge on any atom is -0.462 e. The highest BCUT2D eigenvalue weighted by Gasteiger charge is 2.19. The first-order valence-electron chi connectivity index (χ1n) is 36.0. The quantitative estimate of drug-likeness (QED) is 0.0261. The average Bonchev–Trinajstić information content (AvgIpc) is 3.46. The summed E-state index contributed by atoms with van der Waals surface area (Å²) in [6.07, 6.45) is 85.9. The van der Waals surface area contributed by atoms with Crippen LogP contribution in [0, 0.1) is 0 Å². The number of hydrogen-bond acceptors (Lipinski definition) is 6. The normalized spacial score (nSPS) is 12.2. The first-order chi connectivity index (χ1) is 39.5. The van der Waals surface area contributed by atoms with Gasteiger partial charge in [0, 0.05) is 19.3 Å². The smallest absolute Gasteiger partial charge is 0.306 e. The van der Waals surface area contributed by atoms with E-state index in [0.29, 0.717) is 19.3 Å². The van der Waals surface area contributed by atoms with Crippen molar-refractivity contribution in [2.75, 3.05) is 13.2 Å². The summed E-state index contributed by atoms with van der Waals surface area (Å²) in [5.74, 6) is -0.837. The summed E-state index contributed by atoms with van der Waals surface area (Å²) >= 11 is 0. The summed E-state index contributed by atoms with van der Waals surface area (Å²) in [5.41, 5.74) is 0. The Hall–Kier alpha value is -2.37. The first-order valence-corrected chi connectivity index (χ1v) is 36.0. The maximum Gasteiger partial charge on any atom is 0.306 e. The lowest BCUT2D eigenvalue weighted by atomic mass is 10.0. The van der Waals surface area contributed by atoms with Crippen LogP contribution in [-0.2, 0) is 28.6 Å². The third-order valence-electron chi connectivity index (χ3n) is 16.4. The maximum atomic E-state index is 13.0. The van der Waals surface area contributed by atoms with Gasteiger partial charge in [-0.05, 0) is 57.8 Å². The number of hydrogen-bond donors (Lipinski definition) is 0. The fourth-order valence-electron chi connectivity index (χ4n) is 11.0. The van der Waals surface area contributed by atoms with Crippen LogP contribution in [0.15, 0.2) is 36.5 Å². The molecule has 0 aliphatic carbocycles. The third kappa shape index (κ3) is 66.4. The molecule has 0 fully saturated rings. The van der Waals surface area contributed by atoms with Gasteiger partial charge in [-0.15, -0.1) is 0 Å². The van der Waals surface area contributed by atoms with Crippen molar-refractivity contribution in [2.45, 2.75) is 406 Å². The second kappa shape index (κ2) is 69.1. The predicted molar refractivity (Wildman–Crippen MR) is 349 cm³/mol. The van der Waals surface area contributed by atoms with Gasteiger partial charge < -0.3 is 14.2 Å². The minimum absolute atomic E-state index is 0.0667. The van der Waals surface area contributed by atoms with Crippen LogP contribution >= 0.6 is 0 Å². The number of unbranched alkanes of at least 4 members (excludes halogenated alkanes) is 50. The Kier molecular flexibility index (Phi) is 67.1. The van der Waals surface area contributed by atoms with Gasteiger partial charge in [-0.3, -0.25) is 14.4 Å². The molecule has 1 unspecified atom stereocenters. The van der Waals surface area contributed by atoms with Crippen LogP contribution in [0.25, 0.3) is 0 Å². The number of esters is 3. The van der Waals surface area contributed by atoms with Crippen molar-refractivity contribution in [3.05, 3.63) is 36.5 Å². The minimum atomic E-state index is -0.771. The van der Waals surface area contributed by atoms with E-state index in [0.717, 1.165) is 70.6 Å². The van der Waals surface area contributed by atoms with Crippen molar-refractivity contribution in [1.82, 2.24) is 0 Å². The van der Waals surface area contributed by atoms with Gasteiger partial charge in [0.1, 0.15) is 13.2 Å². The average molecular weight is 1120 g/mol. The van der Waals surface area contributed by atoms with Gasteiger partial charge in [0.25, 0.3) is 0 Å². The van der Waals surface area contributed by atoms with E-state index in [4.69, 9.17) is 14.2 Å². The van der Waals surface area contributed by atoms with E-state index in [-0.39, 0.29) is 31.1 Å². The monoisotopic (exact) mass is 1120 g/mol. The molecule has 0 amide bonds. The van der Waals surface area contributed by atoms with Gasteiger partial charge in [0.15, 0.2) is 6.10 Å². The lowest BCUT2D eigenvalue weighted by Gasteiger charge is -2.18. The molecule has 6 nitrogen and oxygen atoms in total. The molecule has 0 heterocycles. The van der Waals surface area contributed by atoms with Gasteiger partial charge in [-0.1, -0.05) is 359 Å². The highest BCUT2D eigenvalue weighted by molar-refractivity contribution is 5.71. The number of carbonyl (C=O) groups excluding carboxylic acids is 3. The molecule has 0 aliphatic heterocycles. The zero-order valence-corrected chi connectivity index (χ0v) is 54.1. The standard InChI is InChI=1S/C74H138O6/c1-4-7-10-13-16-19-22-25-28-31-34-35-36-37-38-39-41-43-46-49-52-55-58-61-64-67-73(76)79-70-71(69-78-72(75)66-63-60-57-54-51-48-45-42-33-30-27-24-21-18-15-12-9-6-3)80-74(77)68-65-62-59-56-53-50-47-44-40-32-29-26-23-20-17-14-11-8-5-2/h22,25,31,34,36-37,71H,4-21,23-24,26-30,32-33,35,38-70H2,1-3H3/b25-22-,34-31-,37-36-.